The Morgan fingerprint density at radius 3 is 2.16 bits per heavy atom. The largest absolute Gasteiger partial charge is 0.360 e. The van der Waals surface area contributed by atoms with Gasteiger partial charge in [0.2, 0.25) is 10.0 Å². The van der Waals surface area contributed by atoms with Crippen LogP contribution in [0.3, 0.4) is 0 Å². The molecule has 1 heterocycles. The number of thiocarbonyl (C=S) groups is 1. The molecule has 5 nitrogen and oxygen atoms in total. The van der Waals surface area contributed by atoms with Gasteiger partial charge in [0.15, 0.2) is 5.11 Å². The number of nitrogens with zero attached hydrogens (tertiary/aromatic N) is 2. The number of benzene rings is 1. The molecule has 0 aliphatic carbocycles. The highest BCUT2D eigenvalue weighted by Crippen LogP contribution is 2.23. The molecule has 0 spiro atoms. The number of hydrogen-bond acceptors (Lipinski definition) is 3. The molecule has 0 amide bonds. The molecule has 1 saturated heterocycles. The number of hydrogen-bond donors (Lipinski definition) is 1. The lowest BCUT2D eigenvalue weighted by atomic mass is 9.99. The summed E-state index contributed by atoms with van der Waals surface area (Å²) in [7, 11) is -3.44. The van der Waals surface area contributed by atoms with Crippen LogP contribution in [0.2, 0.25) is 0 Å². The quantitative estimate of drug-likeness (QED) is 0.793. The van der Waals surface area contributed by atoms with Crippen LogP contribution in [0.5, 0.6) is 0 Å². The maximum Gasteiger partial charge on any atom is 0.243 e. The fourth-order valence-corrected chi connectivity index (χ4v) is 4.66. The van der Waals surface area contributed by atoms with Crippen molar-refractivity contribution in [3.63, 3.8) is 0 Å². The molecule has 1 aliphatic rings. The van der Waals surface area contributed by atoms with Gasteiger partial charge in [-0.05, 0) is 56.1 Å². The highest BCUT2D eigenvalue weighted by molar-refractivity contribution is 7.89. The summed E-state index contributed by atoms with van der Waals surface area (Å²) in [5.41, 5.74) is 1.18. The second-order valence-corrected chi connectivity index (χ2v) is 9.20. The molecule has 1 aromatic carbocycles. The maximum absolute atomic E-state index is 12.9. The van der Waals surface area contributed by atoms with E-state index in [2.05, 4.69) is 19.2 Å². The fourth-order valence-electron chi connectivity index (χ4n) is 2.82. The molecule has 0 unspecified atom stereocenters. The third kappa shape index (κ3) is 4.92. The zero-order valence-electron chi connectivity index (χ0n) is 15.5. The number of nitrogens with one attached hydrogen (secondary N) is 1. The second kappa shape index (κ2) is 8.47. The van der Waals surface area contributed by atoms with Crippen LogP contribution in [0.1, 0.15) is 45.6 Å². The van der Waals surface area contributed by atoms with Gasteiger partial charge in [-0.3, -0.25) is 0 Å². The summed E-state index contributed by atoms with van der Waals surface area (Å²) in [6.07, 6.45) is 1.04. The lowest BCUT2D eigenvalue weighted by Crippen LogP contribution is -2.53. The van der Waals surface area contributed by atoms with E-state index >= 15 is 0 Å². The van der Waals surface area contributed by atoms with E-state index in [1.54, 1.807) is 16.4 Å². The van der Waals surface area contributed by atoms with Crippen molar-refractivity contribution in [1.29, 1.82) is 0 Å². The minimum Gasteiger partial charge on any atom is -0.360 e. The van der Waals surface area contributed by atoms with Crippen LogP contribution < -0.4 is 5.32 Å². The molecule has 7 heteroatoms. The standard InChI is InChI=1S/C18H29N3O2S2/c1-5-15(4)16-6-8-17(9-7-16)25(22,23)21-12-10-20(11-13-21)18(24)19-14(2)3/h6-9,14-15H,5,10-13H2,1-4H3,(H,19,24)/t15-/m1/s1. The first-order valence-corrected chi connectivity index (χ1v) is 10.8. The average Bonchev–Trinajstić information content (AvgIpc) is 2.60. The van der Waals surface area contributed by atoms with Gasteiger partial charge in [-0.15, -0.1) is 0 Å². The summed E-state index contributed by atoms with van der Waals surface area (Å²) >= 11 is 5.37. The van der Waals surface area contributed by atoms with E-state index in [4.69, 9.17) is 12.2 Å². The third-order valence-electron chi connectivity index (χ3n) is 4.64. The maximum atomic E-state index is 12.9. The van der Waals surface area contributed by atoms with Crippen LogP contribution in [0, 0.1) is 0 Å². The summed E-state index contributed by atoms with van der Waals surface area (Å²) in [5.74, 6) is 0.440. The van der Waals surface area contributed by atoms with Gasteiger partial charge in [0.1, 0.15) is 0 Å². The monoisotopic (exact) mass is 383 g/mol. The van der Waals surface area contributed by atoms with Gasteiger partial charge in [0.25, 0.3) is 0 Å². The molecule has 1 atom stereocenters. The Labute approximate surface area is 157 Å². The van der Waals surface area contributed by atoms with Gasteiger partial charge in [0.05, 0.1) is 4.90 Å². The van der Waals surface area contributed by atoms with Gasteiger partial charge in [-0.2, -0.15) is 4.31 Å². The molecule has 0 saturated carbocycles. The summed E-state index contributed by atoms with van der Waals surface area (Å²) in [4.78, 5) is 2.41. The van der Waals surface area contributed by atoms with E-state index in [1.165, 1.54) is 5.56 Å². The number of rotatable bonds is 5. The first-order valence-electron chi connectivity index (χ1n) is 8.91. The van der Waals surface area contributed by atoms with Crippen LogP contribution >= 0.6 is 12.2 Å². The van der Waals surface area contributed by atoms with Crippen LogP contribution in [0.15, 0.2) is 29.2 Å². The summed E-state index contributed by atoms with van der Waals surface area (Å²) < 4.78 is 27.3. The average molecular weight is 384 g/mol. The van der Waals surface area contributed by atoms with E-state index in [9.17, 15) is 8.42 Å². The highest BCUT2D eigenvalue weighted by atomic mass is 32.2. The Bertz CT molecular complexity index is 679. The normalized spacial score (nSPS) is 17.6. The summed E-state index contributed by atoms with van der Waals surface area (Å²) in [6.45, 7) is 10.5. The first-order chi connectivity index (χ1) is 11.8. The van der Waals surface area contributed by atoms with Crippen molar-refractivity contribution in [2.45, 2.75) is 51.0 Å². The molecular formula is C18H29N3O2S2. The Kier molecular flexibility index (Phi) is 6.82. The zero-order chi connectivity index (χ0) is 18.6. The van der Waals surface area contributed by atoms with Crippen molar-refractivity contribution in [3.05, 3.63) is 29.8 Å². The third-order valence-corrected chi connectivity index (χ3v) is 6.93. The van der Waals surface area contributed by atoms with Gasteiger partial charge < -0.3 is 10.2 Å². The molecule has 0 bridgehead atoms. The molecule has 0 radical (unpaired) electrons. The summed E-state index contributed by atoms with van der Waals surface area (Å²) in [6, 6.07) is 7.60. The van der Waals surface area contributed by atoms with Crippen LogP contribution in [0.4, 0.5) is 0 Å². The molecule has 1 aliphatic heterocycles. The minimum atomic E-state index is -3.44. The van der Waals surface area contributed by atoms with Gasteiger partial charge in [-0.25, -0.2) is 8.42 Å². The minimum absolute atomic E-state index is 0.276. The van der Waals surface area contributed by atoms with Crippen LogP contribution in [-0.4, -0.2) is 55.0 Å². The Hall–Kier alpha value is -1.18. The number of piperazine rings is 1. The van der Waals surface area contributed by atoms with E-state index in [0.29, 0.717) is 42.1 Å². The zero-order valence-corrected chi connectivity index (χ0v) is 17.2. The van der Waals surface area contributed by atoms with Gasteiger partial charge in [-0.1, -0.05) is 26.0 Å². The van der Waals surface area contributed by atoms with Crippen LogP contribution in [0.25, 0.3) is 0 Å². The lowest BCUT2D eigenvalue weighted by Gasteiger charge is -2.36. The number of sulfonamides is 1. The van der Waals surface area contributed by atoms with Crippen molar-refractivity contribution in [2.24, 2.45) is 0 Å². The smallest absolute Gasteiger partial charge is 0.243 e. The van der Waals surface area contributed by atoms with E-state index in [1.807, 2.05) is 30.9 Å². The van der Waals surface area contributed by atoms with E-state index < -0.39 is 10.0 Å². The van der Waals surface area contributed by atoms with E-state index in [-0.39, 0.29) is 6.04 Å². The Balaban J connectivity index is 2.03. The van der Waals surface area contributed by atoms with Gasteiger partial charge in [0, 0.05) is 32.2 Å². The fraction of sp³-hybridized carbons (Fsp3) is 0.611. The molecule has 2 rings (SSSR count). The molecule has 1 aromatic rings. The van der Waals surface area contributed by atoms with Crippen molar-refractivity contribution >= 4 is 27.4 Å². The Morgan fingerprint density at radius 1 is 1.12 bits per heavy atom. The van der Waals surface area contributed by atoms with Gasteiger partial charge >= 0.3 is 0 Å². The molecule has 1 N–H and O–H groups in total. The first kappa shape index (κ1) is 20.1. The molecule has 25 heavy (non-hydrogen) atoms. The topological polar surface area (TPSA) is 52.7 Å². The summed E-state index contributed by atoms with van der Waals surface area (Å²) in [5, 5.41) is 3.91. The Morgan fingerprint density at radius 2 is 1.68 bits per heavy atom. The second-order valence-electron chi connectivity index (χ2n) is 6.87. The SMILES string of the molecule is CC[C@@H](C)c1ccc(S(=O)(=O)N2CCN(C(=S)NC(C)C)CC2)cc1. The van der Waals surface area contributed by atoms with Crippen molar-refractivity contribution in [1.82, 2.24) is 14.5 Å². The van der Waals surface area contributed by atoms with Crippen molar-refractivity contribution < 1.29 is 8.42 Å². The lowest BCUT2D eigenvalue weighted by molar-refractivity contribution is 0.263. The molecule has 140 valence electrons. The molecular weight excluding hydrogens is 354 g/mol. The molecule has 1 fully saturated rings. The predicted octanol–water partition coefficient (Wildman–Crippen LogP) is 2.79. The highest BCUT2D eigenvalue weighted by Gasteiger charge is 2.29. The molecule has 0 aromatic heterocycles. The van der Waals surface area contributed by atoms with Crippen LogP contribution in [-0.2, 0) is 10.0 Å². The predicted molar refractivity (Wildman–Crippen MR) is 106 cm³/mol. The van der Waals surface area contributed by atoms with E-state index in [0.717, 1.165) is 6.42 Å². The van der Waals surface area contributed by atoms with Crippen molar-refractivity contribution in [3.8, 4) is 0 Å². The van der Waals surface area contributed by atoms with Crippen molar-refractivity contribution in [2.75, 3.05) is 26.2 Å².